The zero-order valence-corrected chi connectivity index (χ0v) is 15.9. The van der Waals surface area contributed by atoms with Gasteiger partial charge in [-0.2, -0.15) is 0 Å². The molecule has 3 rings (SSSR count). The summed E-state index contributed by atoms with van der Waals surface area (Å²) < 4.78 is 27.9. The van der Waals surface area contributed by atoms with E-state index in [1.165, 1.54) is 36.0 Å². The van der Waals surface area contributed by atoms with Crippen LogP contribution in [0.4, 0.5) is 10.8 Å². The van der Waals surface area contributed by atoms with E-state index < -0.39 is 10.0 Å². The van der Waals surface area contributed by atoms with Crippen LogP contribution in [0.3, 0.4) is 0 Å². The van der Waals surface area contributed by atoms with Crippen molar-refractivity contribution in [2.24, 2.45) is 0 Å². The van der Waals surface area contributed by atoms with Crippen LogP contribution in [-0.4, -0.2) is 36.2 Å². The molecule has 1 saturated heterocycles. The van der Waals surface area contributed by atoms with E-state index in [1.54, 1.807) is 6.08 Å². The van der Waals surface area contributed by atoms with Crippen molar-refractivity contribution >= 4 is 55.8 Å². The first-order valence-corrected chi connectivity index (χ1v) is 10.7. The van der Waals surface area contributed by atoms with Crippen LogP contribution in [0.2, 0.25) is 0 Å². The predicted molar refractivity (Wildman–Crippen MR) is 99.8 cm³/mol. The number of hydrogen-bond donors (Lipinski definition) is 1. The van der Waals surface area contributed by atoms with Gasteiger partial charge in [0.05, 0.1) is 10.6 Å². The third-order valence-electron chi connectivity index (χ3n) is 3.41. The molecule has 2 aromatic rings. The Morgan fingerprint density at radius 1 is 1.19 bits per heavy atom. The molecule has 0 bridgehead atoms. The van der Waals surface area contributed by atoms with Crippen LogP contribution < -0.4 is 9.62 Å². The first-order valence-electron chi connectivity index (χ1n) is 7.46. The maximum atomic E-state index is 12.4. The molecular formula is C15H14N4O4S3. The van der Waals surface area contributed by atoms with E-state index in [4.69, 9.17) is 0 Å². The molecule has 2 heterocycles. The smallest absolute Gasteiger partial charge is 0.263 e. The molecule has 2 amide bonds. The average Bonchev–Trinajstić information content (AvgIpc) is 3.19. The minimum atomic E-state index is -3.85. The van der Waals surface area contributed by atoms with Gasteiger partial charge in [0.25, 0.3) is 10.0 Å². The Kier molecular flexibility index (Phi) is 5.39. The van der Waals surface area contributed by atoms with E-state index in [0.29, 0.717) is 15.8 Å². The first-order chi connectivity index (χ1) is 12.4. The molecule has 0 radical (unpaired) electrons. The SMILES string of the molecule is C=CCSc1nnc(NS(=O)(=O)c2ccc(N3C(=O)CCC3=O)cc2)s1. The highest BCUT2D eigenvalue weighted by molar-refractivity contribution is 8.01. The first kappa shape index (κ1) is 18.5. The number of nitrogens with one attached hydrogen (secondary N) is 1. The van der Waals surface area contributed by atoms with Crippen molar-refractivity contribution in [1.29, 1.82) is 0 Å². The molecule has 0 saturated carbocycles. The molecule has 1 aliphatic heterocycles. The van der Waals surface area contributed by atoms with Crippen LogP contribution in [0.25, 0.3) is 0 Å². The number of nitrogens with zero attached hydrogens (tertiary/aromatic N) is 3. The van der Waals surface area contributed by atoms with Crippen molar-refractivity contribution in [1.82, 2.24) is 10.2 Å². The summed E-state index contributed by atoms with van der Waals surface area (Å²) in [5, 5.41) is 7.85. The molecule has 0 aliphatic carbocycles. The quantitative estimate of drug-likeness (QED) is 0.424. The number of imide groups is 1. The molecule has 1 N–H and O–H groups in total. The monoisotopic (exact) mass is 410 g/mol. The lowest BCUT2D eigenvalue weighted by Crippen LogP contribution is -2.28. The van der Waals surface area contributed by atoms with Gasteiger partial charge in [0, 0.05) is 18.6 Å². The van der Waals surface area contributed by atoms with Crippen LogP contribution in [-0.2, 0) is 19.6 Å². The molecule has 0 spiro atoms. The molecule has 1 aliphatic rings. The minimum Gasteiger partial charge on any atom is -0.274 e. The summed E-state index contributed by atoms with van der Waals surface area (Å²) in [4.78, 5) is 24.5. The Labute approximate surface area is 158 Å². The highest BCUT2D eigenvalue weighted by atomic mass is 32.2. The summed E-state index contributed by atoms with van der Waals surface area (Å²) in [6.07, 6.45) is 2.06. The zero-order valence-electron chi connectivity index (χ0n) is 13.4. The van der Waals surface area contributed by atoms with Gasteiger partial charge in [-0.25, -0.2) is 8.42 Å². The molecule has 0 unspecified atom stereocenters. The van der Waals surface area contributed by atoms with Gasteiger partial charge in [0.1, 0.15) is 0 Å². The molecule has 136 valence electrons. The fourth-order valence-electron chi connectivity index (χ4n) is 2.25. The molecule has 0 atom stereocenters. The molecule has 8 nitrogen and oxygen atoms in total. The van der Waals surface area contributed by atoms with Gasteiger partial charge >= 0.3 is 0 Å². The largest absolute Gasteiger partial charge is 0.274 e. The summed E-state index contributed by atoms with van der Waals surface area (Å²) >= 11 is 2.53. The van der Waals surface area contributed by atoms with Crippen molar-refractivity contribution in [3.05, 3.63) is 36.9 Å². The van der Waals surface area contributed by atoms with E-state index in [2.05, 4.69) is 21.5 Å². The second kappa shape index (κ2) is 7.56. The Morgan fingerprint density at radius 2 is 1.85 bits per heavy atom. The molecule has 1 aromatic heterocycles. The maximum Gasteiger partial charge on any atom is 0.263 e. The van der Waals surface area contributed by atoms with Gasteiger partial charge in [-0.3, -0.25) is 19.2 Å². The summed E-state index contributed by atoms with van der Waals surface area (Å²) in [7, 11) is -3.85. The highest BCUT2D eigenvalue weighted by Crippen LogP contribution is 2.28. The van der Waals surface area contributed by atoms with E-state index in [1.807, 2.05) is 0 Å². The van der Waals surface area contributed by atoms with E-state index in [0.717, 1.165) is 16.2 Å². The molecule has 11 heteroatoms. The fraction of sp³-hybridized carbons (Fsp3) is 0.200. The third-order valence-corrected chi connectivity index (χ3v) is 6.86. The number of benzene rings is 1. The van der Waals surface area contributed by atoms with E-state index >= 15 is 0 Å². The molecule has 26 heavy (non-hydrogen) atoms. The highest BCUT2D eigenvalue weighted by Gasteiger charge is 2.30. The lowest BCUT2D eigenvalue weighted by molar-refractivity contribution is -0.121. The number of hydrogen-bond acceptors (Lipinski definition) is 8. The maximum absolute atomic E-state index is 12.4. The summed E-state index contributed by atoms with van der Waals surface area (Å²) in [6, 6.07) is 5.54. The third kappa shape index (κ3) is 3.94. The summed E-state index contributed by atoms with van der Waals surface area (Å²) in [5.41, 5.74) is 0.357. The van der Waals surface area contributed by atoms with Gasteiger partial charge in [0.2, 0.25) is 16.9 Å². The second-order valence-corrected chi connectivity index (χ2v) is 9.12. The van der Waals surface area contributed by atoms with Crippen LogP contribution >= 0.6 is 23.1 Å². The second-order valence-electron chi connectivity index (χ2n) is 5.20. The number of carbonyl (C=O) groups is 2. The zero-order chi connectivity index (χ0) is 18.7. The van der Waals surface area contributed by atoms with Crippen LogP contribution in [0.15, 0.2) is 46.2 Å². The number of thioether (sulfide) groups is 1. The molecule has 1 aromatic carbocycles. The van der Waals surface area contributed by atoms with E-state index in [9.17, 15) is 18.0 Å². The standard InChI is InChI=1S/C15H14N4O4S3/c1-2-9-24-15-17-16-14(25-15)18-26(22,23)11-5-3-10(4-6-11)19-12(20)7-8-13(19)21/h2-6H,1,7-9H2,(H,16,18). The summed E-state index contributed by atoms with van der Waals surface area (Å²) in [5.74, 6) is 0.0702. The lowest BCUT2D eigenvalue weighted by Gasteiger charge is -2.14. The molecular weight excluding hydrogens is 396 g/mol. The lowest BCUT2D eigenvalue weighted by atomic mass is 10.3. The average molecular weight is 411 g/mol. The predicted octanol–water partition coefficient (Wildman–Crippen LogP) is 2.27. The van der Waals surface area contributed by atoms with Crippen molar-refractivity contribution in [3.63, 3.8) is 0 Å². The molecule has 1 fully saturated rings. The van der Waals surface area contributed by atoms with Crippen molar-refractivity contribution in [3.8, 4) is 0 Å². The topological polar surface area (TPSA) is 109 Å². The van der Waals surface area contributed by atoms with Crippen molar-refractivity contribution in [2.45, 2.75) is 22.1 Å². The van der Waals surface area contributed by atoms with Crippen LogP contribution in [0, 0.1) is 0 Å². The number of sulfonamides is 1. The Bertz CT molecular complexity index is 938. The number of amides is 2. The Morgan fingerprint density at radius 3 is 2.46 bits per heavy atom. The number of rotatable bonds is 7. The van der Waals surface area contributed by atoms with Gasteiger partial charge < -0.3 is 0 Å². The fourth-order valence-corrected chi connectivity index (χ4v) is 5.00. The Hall–Kier alpha value is -2.24. The van der Waals surface area contributed by atoms with Crippen LogP contribution in [0.5, 0.6) is 0 Å². The van der Waals surface area contributed by atoms with Crippen molar-refractivity contribution < 1.29 is 18.0 Å². The van der Waals surface area contributed by atoms with Gasteiger partial charge in [-0.05, 0) is 24.3 Å². The van der Waals surface area contributed by atoms with E-state index in [-0.39, 0.29) is 34.7 Å². The summed E-state index contributed by atoms with van der Waals surface area (Å²) in [6.45, 7) is 3.61. The van der Waals surface area contributed by atoms with Gasteiger partial charge in [-0.1, -0.05) is 29.2 Å². The van der Waals surface area contributed by atoms with Crippen molar-refractivity contribution in [2.75, 3.05) is 15.4 Å². The normalized spacial score (nSPS) is 14.7. The van der Waals surface area contributed by atoms with Gasteiger partial charge in [-0.15, -0.1) is 16.8 Å². The van der Waals surface area contributed by atoms with Gasteiger partial charge in [0.15, 0.2) is 4.34 Å². The van der Waals surface area contributed by atoms with Crippen LogP contribution in [0.1, 0.15) is 12.8 Å². The number of carbonyl (C=O) groups excluding carboxylic acids is 2. The minimum absolute atomic E-state index is 0.00385. The number of aromatic nitrogens is 2. The Balaban J connectivity index is 1.75. The number of anilines is 2.